The second kappa shape index (κ2) is 6.86. The first-order chi connectivity index (χ1) is 13.1. The molecule has 1 amide bonds. The Balaban J connectivity index is 2.08. The van der Waals surface area contributed by atoms with Crippen molar-refractivity contribution in [1.29, 1.82) is 5.26 Å². The van der Waals surface area contributed by atoms with Gasteiger partial charge in [-0.3, -0.25) is 9.69 Å². The first-order valence-electron chi connectivity index (χ1n) is 8.01. The number of nitrogens with zero attached hydrogens (tertiary/aromatic N) is 3. The van der Waals surface area contributed by atoms with Crippen LogP contribution >= 0.6 is 23.8 Å². The number of aromatic carboxylic acids is 1. The number of hydrogen-bond acceptors (Lipinski definition) is 4. The Morgan fingerprint density at radius 3 is 2.43 bits per heavy atom. The molecule has 0 aromatic heterocycles. The van der Waals surface area contributed by atoms with E-state index in [-0.39, 0.29) is 27.3 Å². The van der Waals surface area contributed by atoms with Gasteiger partial charge in [-0.25, -0.2) is 9.18 Å². The molecule has 1 aliphatic rings. The van der Waals surface area contributed by atoms with Crippen molar-refractivity contribution in [3.05, 3.63) is 58.4 Å². The predicted octanol–water partition coefficient (Wildman–Crippen LogP) is 3.97. The van der Waals surface area contributed by atoms with Gasteiger partial charge in [-0.15, -0.1) is 0 Å². The monoisotopic (exact) mass is 417 g/mol. The Kier molecular flexibility index (Phi) is 4.83. The van der Waals surface area contributed by atoms with Gasteiger partial charge in [0.1, 0.15) is 17.4 Å². The summed E-state index contributed by atoms with van der Waals surface area (Å²) in [6.07, 6.45) is 0. The van der Waals surface area contributed by atoms with E-state index in [4.69, 9.17) is 34.2 Å². The highest BCUT2D eigenvalue weighted by Gasteiger charge is 2.50. The van der Waals surface area contributed by atoms with Gasteiger partial charge in [-0.1, -0.05) is 11.6 Å². The lowest BCUT2D eigenvalue weighted by atomic mass is 10.0. The van der Waals surface area contributed by atoms with Gasteiger partial charge in [0.25, 0.3) is 5.91 Å². The summed E-state index contributed by atoms with van der Waals surface area (Å²) in [5.41, 5.74) is -0.765. The highest BCUT2D eigenvalue weighted by molar-refractivity contribution is 7.81. The smallest absolute Gasteiger partial charge is 0.338 e. The van der Waals surface area contributed by atoms with Crippen LogP contribution in [0.2, 0.25) is 5.02 Å². The average molecular weight is 418 g/mol. The highest BCUT2D eigenvalue weighted by atomic mass is 35.5. The molecule has 0 spiro atoms. The van der Waals surface area contributed by atoms with E-state index < -0.39 is 22.9 Å². The number of thiocarbonyl (C=S) groups is 1. The molecular weight excluding hydrogens is 405 g/mol. The van der Waals surface area contributed by atoms with Crippen LogP contribution in [0.15, 0.2) is 36.4 Å². The van der Waals surface area contributed by atoms with Crippen molar-refractivity contribution in [2.45, 2.75) is 19.4 Å². The zero-order valence-electron chi connectivity index (χ0n) is 14.7. The highest BCUT2D eigenvalue weighted by Crippen LogP contribution is 2.37. The van der Waals surface area contributed by atoms with Crippen LogP contribution in [0, 0.1) is 17.1 Å². The summed E-state index contributed by atoms with van der Waals surface area (Å²) in [7, 11) is 0. The van der Waals surface area contributed by atoms with E-state index in [9.17, 15) is 14.0 Å². The fourth-order valence-corrected chi connectivity index (χ4v) is 3.75. The Hall–Kier alpha value is -3.02. The van der Waals surface area contributed by atoms with Gasteiger partial charge in [0.15, 0.2) is 5.11 Å². The van der Waals surface area contributed by atoms with Gasteiger partial charge in [0.2, 0.25) is 0 Å². The standard InChI is InChI=1S/C19H13ClFN3O3S/c1-19(2)17(27)23(11-4-3-10(9-22)14(20)7-11)18(28)24(19)12-5-6-13(16(25)26)15(21)8-12/h3-8H,1-2H3,(H,25,26). The van der Waals surface area contributed by atoms with Gasteiger partial charge in [-0.2, -0.15) is 5.26 Å². The number of carbonyl (C=O) groups is 2. The number of anilines is 2. The molecule has 2 aromatic carbocycles. The van der Waals surface area contributed by atoms with Crippen LogP contribution in [-0.2, 0) is 4.79 Å². The maximum atomic E-state index is 14.2. The van der Waals surface area contributed by atoms with Crippen LogP contribution in [0.3, 0.4) is 0 Å². The Bertz CT molecular complexity index is 1080. The topological polar surface area (TPSA) is 84.6 Å². The number of carboxylic acids is 1. The molecule has 28 heavy (non-hydrogen) atoms. The molecule has 1 aliphatic heterocycles. The molecule has 0 bridgehead atoms. The maximum absolute atomic E-state index is 14.2. The molecule has 0 saturated carbocycles. The summed E-state index contributed by atoms with van der Waals surface area (Å²) in [5.74, 6) is -2.70. The Morgan fingerprint density at radius 1 is 1.25 bits per heavy atom. The summed E-state index contributed by atoms with van der Waals surface area (Å²) in [5, 5.41) is 18.3. The predicted molar refractivity (Wildman–Crippen MR) is 106 cm³/mol. The van der Waals surface area contributed by atoms with Gasteiger partial charge in [-0.05, 0) is 62.5 Å². The van der Waals surface area contributed by atoms with Crippen LogP contribution < -0.4 is 9.80 Å². The van der Waals surface area contributed by atoms with E-state index in [1.807, 2.05) is 6.07 Å². The number of benzene rings is 2. The molecule has 1 N–H and O–H groups in total. The normalized spacial score (nSPS) is 15.7. The lowest BCUT2D eigenvalue weighted by Gasteiger charge is -2.29. The average Bonchev–Trinajstić information content (AvgIpc) is 2.79. The van der Waals surface area contributed by atoms with E-state index in [1.54, 1.807) is 19.9 Å². The molecular formula is C19H13ClFN3O3S. The molecule has 1 fully saturated rings. The van der Waals surface area contributed by atoms with E-state index in [0.29, 0.717) is 5.69 Å². The maximum Gasteiger partial charge on any atom is 0.338 e. The van der Waals surface area contributed by atoms with Crippen LogP contribution in [0.4, 0.5) is 15.8 Å². The summed E-state index contributed by atoms with van der Waals surface area (Å²) in [6.45, 7) is 3.24. The first-order valence-corrected chi connectivity index (χ1v) is 8.79. The van der Waals surface area contributed by atoms with Crippen molar-refractivity contribution < 1.29 is 19.1 Å². The van der Waals surface area contributed by atoms with Crippen molar-refractivity contribution in [3.8, 4) is 6.07 Å². The fourth-order valence-electron chi connectivity index (χ4n) is 3.01. The molecule has 6 nitrogen and oxygen atoms in total. The third-order valence-electron chi connectivity index (χ3n) is 4.44. The Labute approximate surface area is 170 Å². The molecule has 1 saturated heterocycles. The van der Waals surface area contributed by atoms with Crippen molar-refractivity contribution in [3.63, 3.8) is 0 Å². The van der Waals surface area contributed by atoms with Gasteiger partial charge < -0.3 is 10.0 Å². The molecule has 0 aliphatic carbocycles. The second-order valence-corrected chi connectivity index (χ2v) is 7.34. The first kappa shape index (κ1) is 19.7. The Morgan fingerprint density at radius 2 is 1.89 bits per heavy atom. The zero-order valence-corrected chi connectivity index (χ0v) is 16.3. The minimum Gasteiger partial charge on any atom is -0.478 e. The van der Waals surface area contributed by atoms with E-state index in [0.717, 1.165) is 12.1 Å². The third-order valence-corrected chi connectivity index (χ3v) is 5.12. The second-order valence-electron chi connectivity index (χ2n) is 6.56. The zero-order chi connectivity index (χ0) is 20.8. The number of carboxylic acid groups (broad SMARTS) is 1. The van der Waals surface area contributed by atoms with Crippen molar-refractivity contribution >= 4 is 52.2 Å². The molecule has 142 valence electrons. The number of hydrogen-bond donors (Lipinski definition) is 1. The number of rotatable bonds is 3. The third kappa shape index (κ3) is 2.99. The number of nitriles is 1. The lowest BCUT2D eigenvalue weighted by molar-refractivity contribution is -0.120. The SMILES string of the molecule is CC1(C)C(=O)N(c2ccc(C#N)c(Cl)c2)C(=S)N1c1ccc(C(=O)O)c(F)c1. The number of carbonyl (C=O) groups excluding carboxylic acids is 1. The van der Waals surface area contributed by atoms with E-state index in [2.05, 4.69) is 0 Å². The molecule has 9 heteroatoms. The summed E-state index contributed by atoms with van der Waals surface area (Å²) < 4.78 is 14.2. The fraction of sp³-hybridized carbons (Fsp3) is 0.158. The van der Waals surface area contributed by atoms with Gasteiger partial charge in [0.05, 0.1) is 21.8 Å². The molecule has 0 radical (unpaired) electrons. The quantitative estimate of drug-likeness (QED) is 0.761. The molecule has 2 aromatic rings. The van der Waals surface area contributed by atoms with Crippen LogP contribution in [0.25, 0.3) is 0 Å². The lowest BCUT2D eigenvalue weighted by Crippen LogP contribution is -2.44. The molecule has 0 atom stereocenters. The minimum atomic E-state index is -1.39. The van der Waals surface area contributed by atoms with Crippen molar-refractivity contribution in [1.82, 2.24) is 0 Å². The number of halogens is 2. The van der Waals surface area contributed by atoms with Crippen molar-refractivity contribution in [2.75, 3.05) is 9.80 Å². The van der Waals surface area contributed by atoms with E-state index in [1.165, 1.54) is 28.0 Å². The summed E-state index contributed by atoms with van der Waals surface area (Å²) >= 11 is 11.5. The van der Waals surface area contributed by atoms with Gasteiger partial charge in [0, 0.05) is 5.69 Å². The van der Waals surface area contributed by atoms with E-state index >= 15 is 0 Å². The largest absolute Gasteiger partial charge is 0.478 e. The number of amides is 1. The molecule has 3 rings (SSSR count). The van der Waals surface area contributed by atoms with Crippen LogP contribution in [0.1, 0.15) is 29.8 Å². The van der Waals surface area contributed by atoms with Crippen molar-refractivity contribution in [2.24, 2.45) is 0 Å². The summed E-state index contributed by atoms with van der Waals surface area (Å²) in [6, 6.07) is 9.96. The molecule has 0 unspecified atom stereocenters. The minimum absolute atomic E-state index is 0.0817. The molecule has 1 heterocycles. The van der Waals surface area contributed by atoms with Crippen LogP contribution in [0.5, 0.6) is 0 Å². The summed E-state index contributed by atoms with van der Waals surface area (Å²) in [4.78, 5) is 26.8. The van der Waals surface area contributed by atoms with Crippen LogP contribution in [-0.4, -0.2) is 27.6 Å². The van der Waals surface area contributed by atoms with Gasteiger partial charge >= 0.3 is 5.97 Å².